The van der Waals surface area contributed by atoms with Gasteiger partial charge in [0.15, 0.2) is 0 Å². The van der Waals surface area contributed by atoms with E-state index in [0.717, 1.165) is 25.7 Å². The zero-order valence-corrected chi connectivity index (χ0v) is 16.5. The monoisotopic (exact) mass is 434 g/mol. The lowest BCUT2D eigenvalue weighted by atomic mass is 9.99. The highest BCUT2D eigenvalue weighted by Gasteiger charge is 2.64. The Morgan fingerprint density at radius 3 is 2.25 bits per heavy atom. The quantitative estimate of drug-likeness (QED) is 0.163. The van der Waals surface area contributed by atoms with Gasteiger partial charge in [-0.1, -0.05) is 13.5 Å². The molecule has 1 N–H and O–H groups in total. The summed E-state index contributed by atoms with van der Waals surface area (Å²) in [4.78, 5) is 12.1. The first-order valence-corrected chi connectivity index (χ1v) is 10.4. The van der Waals surface area contributed by atoms with Crippen LogP contribution in [0.15, 0.2) is 12.2 Å². The van der Waals surface area contributed by atoms with E-state index in [1.54, 1.807) is 0 Å². The highest BCUT2D eigenvalue weighted by Crippen LogP contribution is 2.41. The summed E-state index contributed by atoms with van der Waals surface area (Å²) in [5, 5.41) is -5.56. The summed E-state index contributed by atoms with van der Waals surface area (Å²) in [7, 11) is -6.22. The Hall–Kier alpha value is -1.20. The minimum Gasteiger partial charge on any atom is -0.456 e. The Morgan fingerprint density at radius 2 is 1.75 bits per heavy atom. The van der Waals surface area contributed by atoms with Gasteiger partial charge in [0.2, 0.25) is 0 Å². The molecule has 0 aliphatic heterocycles. The number of esters is 1. The van der Waals surface area contributed by atoms with Crippen molar-refractivity contribution in [2.75, 3.05) is 13.2 Å². The third-order valence-electron chi connectivity index (χ3n) is 4.81. The van der Waals surface area contributed by atoms with Crippen molar-refractivity contribution >= 4 is 16.1 Å². The summed E-state index contributed by atoms with van der Waals surface area (Å²) < 4.78 is 92.3. The second kappa shape index (κ2) is 9.53. The third kappa shape index (κ3) is 6.15. The van der Waals surface area contributed by atoms with Gasteiger partial charge in [-0.25, -0.2) is 4.79 Å². The first-order valence-electron chi connectivity index (χ1n) is 8.99. The van der Waals surface area contributed by atoms with Crippen LogP contribution in [-0.2, 0) is 24.4 Å². The molecule has 0 saturated heterocycles. The topological polar surface area (TPSA) is 89.9 Å². The van der Waals surface area contributed by atoms with Gasteiger partial charge in [-0.15, -0.1) is 0 Å². The average Bonchev–Trinajstić information content (AvgIpc) is 3.05. The van der Waals surface area contributed by atoms with Gasteiger partial charge in [-0.05, 0) is 44.9 Å². The van der Waals surface area contributed by atoms with Crippen LogP contribution in [-0.4, -0.2) is 48.9 Å². The van der Waals surface area contributed by atoms with Gasteiger partial charge in [0.1, 0.15) is 5.60 Å². The van der Waals surface area contributed by atoms with E-state index in [4.69, 9.17) is 14.0 Å². The van der Waals surface area contributed by atoms with Crippen molar-refractivity contribution in [3.8, 4) is 0 Å². The Morgan fingerprint density at radius 1 is 1.18 bits per heavy atom. The summed E-state index contributed by atoms with van der Waals surface area (Å²) in [6, 6.07) is 0. The molecule has 1 saturated carbocycles. The number of hydrogen-bond donors (Lipinski definition) is 1. The minimum absolute atomic E-state index is 0.0583. The van der Waals surface area contributed by atoms with Crippen LogP contribution < -0.4 is 0 Å². The smallest absolute Gasteiger partial charge is 0.431 e. The van der Waals surface area contributed by atoms with E-state index in [9.17, 15) is 30.8 Å². The molecule has 0 aromatic rings. The van der Waals surface area contributed by atoms with Gasteiger partial charge in [0, 0.05) is 13.0 Å². The molecule has 0 aromatic carbocycles. The number of hydrogen-bond acceptors (Lipinski definition) is 5. The van der Waals surface area contributed by atoms with E-state index in [0.29, 0.717) is 6.42 Å². The van der Waals surface area contributed by atoms with Gasteiger partial charge in [-0.3, -0.25) is 4.55 Å². The lowest BCUT2D eigenvalue weighted by molar-refractivity contribution is -0.165. The van der Waals surface area contributed by atoms with E-state index in [1.807, 2.05) is 6.92 Å². The van der Waals surface area contributed by atoms with Crippen molar-refractivity contribution in [2.24, 2.45) is 0 Å². The van der Waals surface area contributed by atoms with Crippen LogP contribution >= 0.6 is 0 Å². The Balaban J connectivity index is 2.32. The van der Waals surface area contributed by atoms with Gasteiger partial charge >= 0.3 is 27.3 Å². The molecule has 11 heteroatoms. The number of carbonyl (C=O) groups excluding carboxylic acids is 1. The fourth-order valence-corrected chi connectivity index (χ4v) is 3.44. The summed E-state index contributed by atoms with van der Waals surface area (Å²) in [6.07, 6.45) is 2.20. The minimum atomic E-state index is -6.22. The largest absolute Gasteiger partial charge is 0.456 e. The van der Waals surface area contributed by atoms with E-state index in [-0.39, 0.29) is 25.2 Å². The lowest BCUT2D eigenvalue weighted by Crippen LogP contribution is -2.46. The van der Waals surface area contributed by atoms with Crippen LogP contribution in [0, 0.1) is 0 Å². The molecule has 1 aliphatic rings. The number of halogens is 4. The Labute approximate surface area is 162 Å². The lowest BCUT2D eigenvalue weighted by Gasteiger charge is -2.28. The molecule has 0 spiro atoms. The van der Waals surface area contributed by atoms with E-state index in [2.05, 4.69) is 6.58 Å². The summed E-state index contributed by atoms with van der Waals surface area (Å²) >= 11 is 0. The van der Waals surface area contributed by atoms with Crippen molar-refractivity contribution in [1.29, 1.82) is 0 Å². The predicted molar refractivity (Wildman–Crippen MR) is 92.8 cm³/mol. The maximum Gasteiger partial charge on any atom is 0.431 e. The number of alkyl halides is 4. The number of carbonyl (C=O) groups is 1. The molecule has 28 heavy (non-hydrogen) atoms. The third-order valence-corrected chi connectivity index (χ3v) is 5.76. The molecule has 1 aliphatic carbocycles. The molecule has 0 aromatic heterocycles. The van der Waals surface area contributed by atoms with E-state index < -0.39 is 45.7 Å². The number of unbranched alkanes of at least 4 members (excludes halogenated alkanes) is 1. The Kier molecular flexibility index (Phi) is 8.46. The highest BCUT2D eigenvalue weighted by molar-refractivity contribution is 7.87. The first-order chi connectivity index (χ1) is 12.8. The zero-order valence-electron chi connectivity index (χ0n) is 15.7. The van der Waals surface area contributed by atoms with Crippen LogP contribution in [0.3, 0.4) is 0 Å². The molecule has 6 nitrogen and oxygen atoms in total. The number of ether oxygens (including phenoxy) is 2. The van der Waals surface area contributed by atoms with Crippen LogP contribution in [0.2, 0.25) is 0 Å². The second-order valence-electron chi connectivity index (χ2n) is 6.94. The maximum atomic E-state index is 13.3. The second-order valence-corrected chi connectivity index (χ2v) is 8.41. The average molecular weight is 434 g/mol. The van der Waals surface area contributed by atoms with Gasteiger partial charge in [-0.2, -0.15) is 26.0 Å². The van der Waals surface area contributed by atoms with Crippen LogP contribution in [0.1, 0.15) is 58.3 Å². The van der Waals surface area contributed by atoms with E-state index >= 15 is 0 Å². The molecule has 164 valence electrons. The van der Waals surface area contributed by atoms with Crippen molar-refractivity contribution in [3.05, 3.63) is 12.2 Å². The van der Waals surface area contributed by atoms with Gasteiger partial charge < -0.3 is 9.47 Å². The molecule has 0 bridgehead atoms. The SMILES string of the molecule is C=C(COCCCCC(F)(F)C(F)(F)S(=O)(=O)O)C(=O)OC1(CC)CCCC1. The summed E-state index contributed by atoms with van der Waals surface area (Å²) in [5.74, 6) is -5.51. The molecular formula is C17H26F4O6S. The summed E-state index contributed by atoms with van der Waals surface area (Å²) in [5.41, 5.74) is -0.424. The highest BCUT2D eigenvalue weighted by atomic mass is 32.2. The van der Waals surface area contributed by atoms with Crippen LogP contribution in [0.4, 0.5) is 17.6 Å². The van der Waals surface area contributed by atoms with Gasteiger partial charge in [0.05, 0.1) is 12.2 Å². The molecule has 0 radical (unpaired) electrons. The fraction of sp³-hybridized carbons (Fsp3) is 0.824. The van der Waals surface area contributed by atoms with E-state index in [1.165, 1.54) is 0 Å². The maximum absolute atomic E-state index is 13.3. The Bertz CT molecular complexity index is 657. The number of rotatable bonds is 12. The normalized spacial score (nSPS) is 17.5. The fourth-order valence-electron chi connectivity index (χ4n) is 2.96. The standard InChI is InChI=1S/C17H26F4O6S/c1-3-15(8-4-5-9-15)27-14(22)13(2)12-26-11-7-6-10-16(18,19)17(20,21)28(23,24)25/h2-12H2,1H3,(H,23,24,25). The van der Waals surface area contributed by atoms with Crippen molar-refractivity contribution in [3.63, 3.8) is 0 Å². The molecule has 1 rings (SSSR count). The van der Waals surface area contributed by atoms with Crippen LogP contribution in [0.25, 0.3) is 0 Å². The van der Waals surface area contributed by atoms with Crippen molar-refractivity contribution in [1.82, 2.24) is 0 Å². The van der Waals surface area contributed by atoms with Gasteiger partial charge in [0.25, 0.3) is 0 Å². The molecule has 0 unspecified atom stereocenters. The first kappa shape index (κ1) is 24.8. The molecule has 0 heterocycles. The predicted octanol–water partition coefficient (Wildman–Crippen LogP) is 4.11. The molecule has 1 fully saturated rings. The molecular weight excluding hydrogens is 408 g/mol. The summed E-state index contributed by atoms with van der Waals surface area (Å²) in [6.45, 7) is 5.17. The van der Waals surface area contributed by atoms with Crippen molar-refractivity contribution < 1.29 is 44.8 Å². The molecule has 0 amide bonds. The zero-order chi connectivity index (χ0) is 21.6. The molecule has 0 atom stereocenters. The van der Waals surface area contributed by atoms with Crippen molar-refractivity contribution in [2.45, 2.75) is 75.1 Å². The van der Waals surface area contributed by atoms with Crippen LogP contribution in [0.5, 0.6) is 0 Å².